The normalized spacial score (nSPS) is 22.3. The first-order chi connectivity index (χ1) is 15.5. The highest BCUT2D eigenvalue weighted by Gasteiger charge is 2.51. The van der Waals surface area contributed by atoms with Crippen LogP contribution in [0.2, 0.25) is 0 Å². The van der Waals surface area contributed by atoms with Crippen LogP contribution in [0.4, 0.5) is 4.79 Å². The highest BCUT2D eigenvalue weighted by molar-refractivity contribution is 6.07. The van der Waals surface area contributed by atoms with E-state index in [1.165, 1.54) is 27.7 Å². The van der Waals surface area contributed by atoms with E-state index in [-0.39, 0.29) is 17.9 Å². The van der Waals surface area contributed by atoms with Crippen molar-refractivity contribution in [2.24, 2.45) is 5.92 Å². The number of amides is 3. The molecule has 0 bridgehead atoms. The molecule has 2 aliphatic heterocycles. The van der Waals surface area contributed by atoms with E-state index < -0.39 is 5.54 Å². The number of hydrogen-bond donors (Lipinski definition) is 3. The average Bonchev–Trinajstić information content (AvgIpc) is 3.29. The number of aromatic amines is 1. The number of rotatable bonds is 6. The molecule has 3 aromatic rings. The molecule has 2 fully saturated rings. The number of H-pyrrole nitrogens is 1. The van der Waals surface area contributed by atoms with Crippen LogP contribution in [0, 0.1) is 12.8 Å². The van der Waals surface area contributed by atoms with Crippen molar-refractivity contribution in [2.75, 3.05) is 13.1 Å². The third-order valence-electron chi connectivity index (χ3n) is 7.31. The van der Waals surface area contributed by atoms with Crippen molar-refractivity contribution >= 4 is 22.8 Å². The van der Waals surface area contributed by atoms with E-state index in [9.17, 15) is 9.59 Å². The molecular formula is C26H30N4O2. The smallest absolute Gasteiger partial charge is 0.322 e. The third kappa shape index (κ3) is 3.79. The van der Waals surface area contributed by atoms with Crippen LogP contribution in [0.3, 0.4) is 0 Å². The van der Waals surface area contributed by atoms with E-state index >= 15 is 0 Å². The number of aromatic nitrogens is 1. The number of carbonyl (C=O) groups is 2. The molecule has 3 amide bonds. The number of aryl methyl sites for hydroxylation is 2. The Labute approximate surface area is 188 Å². The summed E-state index contributed by atoms with van der Waals surface area (Å²) in [6.45, 7) is 4.87. The van der Waals surface area contributed by atoms with Crippen LogP contribution in [0.1, 0.15) is 36.1 Å². The summed E-state index contributed by atoms with van der Waals surface area (Å²) in [6, 6.07) is 18.3. The van der Waals surface area contributed by atoms with Gasteiger partial charge in [-0.15, -0.1) is 0 Å². The second-order valence-corrected chi connectivity index (χ2v) is 9.19. The first-order valence-electron chi connectivity index (χ1n) is 11.5. The van der Waals surface area contributed by atoms with E-state index in [0.29, 0.717) is 6.42 Å². The molecule has 6 heteroatoms. The lowest BCUT2D eigenvalue weighted by Gasteiger charge is -2.40. The highest BCUT2D eigenvalue weighted by Crippen LogP contribution is 2.35. The summed E-state index contributed by atoms with van der Waals surface area (Å²) in [6.07, 6.45) is 3.18. The van der Waals surface area contributed by atoms with Gasteiger partial charge < -0.3 is 10.3 Å². The lowest BCUT2D eigenvalue weighted by molar-refractivity contribution is -0.127. The summed E-state index contributed by atoms with van der Waals surface area (Å²) < 4.78 is 0. The Hall–Kier alpha value is -3.12. The number of carbonyl (C=O) groups excluding carboxylic acids is 2. The standard InChI is InChI=1S/C26H30N4O2/c1-18-22(21-9-5-6-10-23(21)27-18)17-30-15-12-20(13-16-30)26(24(31)28-25(32)29-26)14-11-19-7-3-2-4-8-19/h2-10,20,27H,11-17H2,1H3,(H2,28,29,31,32)/t26-/m0/s1. The van der Waals surface area contributed by atoms with Gasteiger partial charge in [0.05, 0.1) is 0 Å². The number of fused-ring (bicyclic) bond motifs is 1. The number of likely N-dealkylation sites (tertiary alicyclic amines) is 1. The first-order valence-corrected chi connectivity index (χ1v) is 11.5. The van der Waals surface area contributed by atoms with E-state index in [1.807, 2.05) is 18.2 Å². The molecule has 6 nitrogen and oxygen atoms in total. The van der Waals surface area contributed by atoms with Crippen molar-refractivity contribution in [3.63, 3.8) is 0 Å². The predicted octanol–water partition coefficient (Wildman–Crippen LogP) is 3.90. The predicted molar refractivity (Wildman–Crippen MR) is 125 cm³/mol. The molecular weight excluding hydrogens is 400 g/mol. The van der Waals surface area contributed by atoms with Crippen LogP contribution >= 0.6 is 0 Å². The molecule has 32 heavy (non-hydrogen) atoms. The van der Waals surface area contributed by atoms with E-state index in [4.69, 9.17) is 0 Å². The number of urea groups is 1. The lowest BCUT2D eigenvalue weighted by atomic mass is 9.74. The Bertz CT molecular complexity index is 1130. The minimum atomic E-state index is -0.810. The number of benzene rings is 2. The van der Waals surface area contributed by atoms with Gasteiger partial charge in [0, 0.05) is 23.1 Å². The summed E-state index contributed by atoms with van der Waals surface area (Å²) >= 11 is 0. The maximum Gasteiger partial charge on any atom is 0.322 e. The lowest BCUT2D eigenvalue weighted by Crippen LogP contribution is -2.56. The Kier molecular flexibility index (Phi) is 5.47. The first kappa shape index (κ1) is 20.8. The van der Waals surface area contributed by atoms with Gasteiger partial charge in [-0.3, -0.25) is 15.0 Å². The third-order valence-corrected chi connectivity index (χ3v) is 7.31. The zero-order valence-electron chi connectivity index (χ0n) is 18.5. The molecule has 0 unspecified atom stereocenters. The maximum absolute atomic E-state index is 12.9. The summed E-state index contributed by atoms with van der Waals surface area (Å²) in [7, 11) is 0. The fourth-order valence-corrected chi connectivity index (χ4v) is 5.51. The van der Waals surface area contributed by atoms with Gasteiger partial charge in [-0.05, 0) is 68.8 Å². The van der Waals surface area contributed by atoms with Crippen molar-refractivity contribution in [2.45, 2.75) is 44.7 Å². The monoisotopic (exact) mass is 430 g/mol. The van der Waals surface area contributed by atoms with Gasteiger partial charge in [-0.25, -0.2) is 4.79 Å². The molecule has 0 radical (unpaired) electrons. The summed E-state index contributed by atoms with van der Waals surface area (Å²) in [5.74, 6) is -0.0256. The van der Waals surface area contributed by atoms with Crippen molar-refractivity contribution in [3.8, 4) is 0 Å². The summed E-state index contributed by atoms with van der Waals surface area (Å²) in [4.78, 5) is 31.0. The van der Waals surface area contributed by atoms with Gasteiger partial charge in [0.2, 0.25) is 0 Å². The van der Waals surface area contributed by atoms with Crippen LogP contribution in [0.5, 0.6) is 0 Å². The fourth-order valence-electron chi connectivity index (χ4n) is 5.51. The van der Waals surface area contributed by atoms with Crippen LogP contribution in [0.15, 0.2) is 54.6 Å². The largest absolute Gasteiger partial charge is 0.358 e. The number of nitrogens with one attached hydrogen (secondary N) is 3. The number of imide groups is 1. The van der Waals surface area contributed by atoms with Crippen LogP contribution < -0.4 is 10.6 Å². The van der Waals surface area contributed by atoms with E-state index in [0.717, 1.165) is 38.9 Å². The molecule has 5 rings (SSSR count). The highest BCUT2D eigenvalue weighted by atomic mass is 16.2. The van der Waals surface area contributed by atoms with Crippen molar-refractivity contribution in [3.05, 3.63) is 71.4 Å². The average molecular weight is 431 g/mol. The Morgan fingerprint density at radius 2 is 1.72 bits per heavy atom. The molecule has 1 aromatic heterocycles. The molecule has 2 aromatic carbocycles. The second kappa shape index (κ2) is 8.43. The number of para-hydroxylation sites is 1. The minimum absolute atomic E-state index is 0.137. The molecule has 0 saturated carbocycles. The molecule has 0 aliphatic carbocycles. The number of piperidine rings is 1. The SMILES string of the molecule is Cc1[nH]c2ccccc2c1CN1CCC([C@]2(CCc3ccccc3)NC(=O)NC2=O)CC1. The number of nitrogens with zero attached hydrogens (tertiary/aromatic N) is 1. The van der Waals surface area contributed by atoms with Gasteiger partial charge >= 0.3 is 6.03 Å². The van der Waals surface area contributed by atoms with E-state index in [2.05, 4.69) is 63.8 Å². The summed E-state index contributed by atoms with van der Waals surface area (Å²) in [5, 5.41) is 6.82. The maximum atomic E-state index is 12.9. The molecule has 166 valence electrons. The second-order valence-electron chi connectivity index (χ2n) is 9.19. The zero-order valence-corrected chi connectivity index (χ0v) is 18.5. The van der Waals surface area contributed by atoms with Gasteiger partial charge in [0.25, 0.3) is 5.91 Å². The molecule has 3 N–H and O–H groups in total. The Morgan fingerprint density at radius 1 is 1.00 bits per heavy atom. The van der Waals surface area contributed by atoms with Gasteiger partial charge in [0.1, 0.15) is 5.54 Å². The van der Waals surface area contributed by atoms with Crippen LogP contribution in [-0.4, -0.2) is 40.5 Å². The Morgan fingerprint density at radius 3 is 2.44 bits per heavy atom. The van der Waals surface area contributed by atoms with Crippen LogP contribution in [0.25, 0.3) is 10.9 Å². The molecule has 3 heterocycles. The minimum Gasteiger partial charge on any atom is -0.358 e. The molecule has 2 saturated heterocycles. The van der Waals surface area contributed by atoms with Crippen molar-refractivity contribution in [1.29, 1.82) is 0 Å². The quantitative estimate of drug-likeness (QED) is 0.519. The van der Waals surface area contributed by atoms with Gasteiger partial charge in [-0.2, -0.15) is 0 Å². The van der Waals surface area contributed by atoms with Crippen LogP contribution in [-0.2, 0) is 17.8 Å². The van der Waals surface area contributed by atoms with E-state index in [1.54, 1.807) is 0 Å². The zero-order chi connectivity index (χ0) is 22.1. The fraction of sp³-hybridized carbons (Fsp3) is 0.385. The molecule has 1 atom stereocenters. The molecule has 0 spiro atoms. The number of hydrogen-bond acceptors (Lipinski definition) is 3. The topological polar surface area (TPSA) is 77.2 Å². The van der Waals surface area contributed by atoms with Crippen molar-refractivity contribution in [1.82, 2.24) is 20.5 Å². The van der Waals surface area contributed by atoms with Gasteiger partial charge in [0.15, 0.2) is 0 Å². The molecule has 2 aliphatic rings. The van der Waals surface area contributed by atoms with Crippen molar-refractivity contribution < 1.29 is 9.59 Å². The Balaban J connectivity index is 1.29. The summed E-state index contributed by atoms with van der Waals surface area (Å²) in [5.41, 5.74) is 4.13. The van der Waals surface area contributed by atoms with Gasteiger partial charge in [-0.1, -0.05) is 48.5 Å².